The minimum absolute atomic E-state index is 0.0175. The smallest absolute Gasteiger partial charge is 0.335 e. The fourth-order valence-corrected chi connectivity index (χ4v) is 1.86. The highest BCUT2D eigenvalue weighted by molar-refractivity contribution is 5.88. The molecule has 0 aliphatic heterocycles. The van der Waals surface area contributed by atoms with Crippen molar-refractivity contribution < 1.29 is 24.7 Å². The number of aromatic carboxylic acids is 1. The number of phenolic OH excluding ortho intramolecular Hbond substituents is 1. The van der Waals surface area contributed by atoms with Crippen LogP contribution in [0, 0.1) is 10.1 Å². The third-order valence-electron chi connectivity index (χ3n) is 3.05. The number of nitro groups is 1. The first-order valence-corrected chi connectivity index (χ1v) is 6.60. The molecule has 0 aromatic heterocycles. The Morgan fingerprint density at radius 3 is 2.54 bits per heavy atom. The minimum atomic E-state index is -1.05. The second-order valence-electron chi connectivity index (χ2n) is 4.59. The van der Waals surface area contributed by atoms with Crippen molar-refractivity contribution in [1.29, 1.82) is 0 Å². The summed E-state index contributed by atoms with van der Waals surface area (Å²) in [6.07, 6.45) is 1.17. The molecule has 2 aromatic rings. The van der Waals surface area contributed by atoms with Crippen LogP contribution in [0.15, 0.2) is 41.5 Å². The van der Waals surface area contributed by atoms with Crippen molar-refractivity contribution in [2.75, 3.05) is 12.5 Å². The third kappa shape index (κ3) is 3.77. The Balaban J connectivity index is 2.20. The van der Waals surface area contributed by atoms with E-state index < -0.39 is 10.9 Å². The lowest BCUT2D eigenvalue weighted by atomic mass is 10.1. The lowest BCUT2D eigenvalue weighted by molar-refractivity contribution is -0.385. The van der Waals surface area contributed by atoms with Crippen molar-refractivity contribution >= 4 is 23.6 Å². The molecule has 0 aliphatic rings. The van der Waals surface area contributed by atoms with Gasteiger partial charge in [0.25, 0.3) is 5.69 Å². The van der Waals surface area contributed by atoms with Gasteiger partial charge in [0.15, 0.2) is 11.5 Å². The van der Waals surface area contributed by atoms with Crippen LogP contribution in [0.5, 0.6) is 11.5 Å². The van der Waals surface area contributed by atoms with Gasteiger partial charge >= 0.3 is 5.97 Å². The number of nitro benzene ring substituents is 1. The van der Waals surface area contributed by atoms with Gasteiger partial charge in [0, 0.05) is 0 Å². The number of benzene rings is 2. The van der Waals surface area contributed by atoms with Crippen molar-refractivity contribution in [2.24, 2.45) is 5.10 Å². The Labute approximate surface area is 136 Å². The minimum Gasteiger partial charge on any atom is -0.504 e. The van der Waals surface area contributed by atoms with E-state index in [1.165, 1.54) is 37.6 Å². The SMILES string of the molecule is COc1cc([N+](=O)[O-])c(/C=N/Nc2ccc(C(=O)O)cc2)cc1O. The molecule has 0 unspecified atom stereocenters. The predicted octanol–water partition coefficient (Wildman–Crippen LogP) is 2.45. The van der Waals surface area contributed by atoms with Crippen molar-refractivity contribution in [3.63, 3.8) is 0 Å². The number of hydrazone groups is 1. The molecule has 0 aliphatic carbocycles. The van der Waals surface area contributed by atoms with Gasteiger partial charge in [0.05, 0.1) is 41.1 Å². The number of nitrogens with one attached hydrogen (secondary N) is 1. The number of hydrogen-bond donors (Lipinski definition) is 3. The topological polar surface area (TPSA) is 134 Å². The molecule has 0 heterocycles. The predicted molar refractivity (Wildman–Crippen MR) is 85.9 cm³/mol. The molecule has 0 spiro atoms. The van der Waals surface area contributed by atoms with Crippen molar-refractivity contribution in [3.8, 4) is 11.5 Å². The summed E-state index contributed by atoms with van der Waals surface area (Å²) in [5.74, 6) is -1.32. The van der Waals surface area contributed by atoms with E-state index in [4.69, 9.17) is 9.84 Å². The maximum atomic E-state index is 11.1. The summed E-state index contributed by atoms with van der Waals surface area (Å²) in [5.41, 5.74) is 3.03. The normalized spacial score (nSPS) is 10.5. The van der Waals surface area contributed by atoms with Crippen molar-refractivity contribution in [3.05, 3.63) is 57.6 Å². The number of phenols is 1. The van der Waals surface area contributed by atoms with Crippen LogP contribution in [0.1, 0.15) is 15.9 Å². The molecule has 0 saturated heterocycles. The maximum absolute atomic E-state index is 11.1. The first-order valence-electron chi connectivity index (χ1n) is 6.60. The van der Waals surface area contributed by atoms with Gasteiger partial charge in [-0.05, 0) is 30.3 Å². The standard InChI is InChI=1S/C15H13N3O6/c1-24-14-7-12(18(22)23)10(6-13(14)19)8-16-17-11-4-2-9(3-5-11)15(20)21/h2-8,17,19H,1H3,(H,20,21)/b16-8+. The zero-order valence-electron chi connectivity index (χ0n) is 12.5. The summed E-state index contributed by atoms with van der Waals surface area (Å²) in [7, 11) is 1.29. The quantitative estimate of drug-likeness (QED) is 0.420. The first kappa shape index (κ1) is 16.7. The number of aromatic hydroxyl groups is 1. The molecule has 3 N–H and O–H groups in total. The summed E-state index contributed by atoms with van der Waals surface area (Å²) in [6.45, 7) is 0. The second-order valence-corrected chi connectivity index (χ2v) is 4.59. The van der Waals surface area contributed by atoms with Gasteiger partial charge in [-0.25, -0.2) is 4.79 Å². The van der Waals surface area contributed by atoms with Gasteiger partial charge in [0.1, 0.15) is 0 Å². The summed E-state index contributed by atoms with van der Waals surface area (Å²) < 4.78 is 4.83. The molecule has 24 heavy (non-hydrogen) atoms. The van der Waals surface area contributed by atoms with Crippen LogP contribution in [-0.2, 0) is 0 Å². The van der Waals surface area contributed by atoms with Crippen LogP contribution in [-0.4, -0.2) is 34.4 Å². The van der Waals surface area contributed by atoms with E-state index in [9.17, 15) is 20.0 Å². The van der Waals surface area contributed by atoms with E-state index in [0.717, 1.165) is 12.1 Å². The Hall–Kier alpha value is -3.62. The number of rotatable bonds is 6. The fraction of sp³-hybridized carbons (Fsp3) is 0.0667. The summed E-state index contributed by atoms with van der Waals surface area (Å²) in [6, 6.07) is 8.04. The van der Waals surface area contributed by atoms with Crippen molar-refractivity contribution in [2.45, 2.75) is 0 Å². The van der Waals surface area contributed by atoms with E-state index in [2.05, 4.69) is 10.5 Å². The summed E-state index contributed by atoms with van der Waals surface area (Å²) >= 11 is 0. The van der Waals surface area contributed by atoms with E-state index in [0.29, 0.717) is 5.69 Å². The van der Waals surface area contributed by atoms with Crippen molar-refractivity contribution in [1.82, 2.24) is 0 Å². The van der Waals surface area contributed by atoms with E-state index >= 15 is 0 Å². The Bertz CT molecular complexity index is 802. The van der Waals surface area contributed by atoms with Crippen LogP contribution in [0.3, 0.4) is 0 Å². The number of carbonyl (C=O) groups is 1. The third-order valence-corrected chi connectivity index (χ3v) is 3.05. The molecular weight excluding hydrogens is 318 g/mol. The number of carboxylic acid groups (broad SMARTS) is 1. The van der Waals surface area contributed by atoms with Gasteiger partial charge in [-0.15, -0.1) is 0 Å². The number of carboxylic acids is 1. The summed E-state index contributed by atoms with van der Waals surface area (Å²) in [5, 5.41) is 33.4. The van der Waals surface area contributed by atoms with Crippen LogP contribution < -0.4 is 10.2 Å². The van der Waals surface area contributed by atoms with Gasteiger partial charge < -0.3 is 14.9 Å². The number of nitrogens with zero attached hydrogens (tertiary/aromatic N) is 2. The Kier molecular flexibility index (Phi) is 4.95. The molecule has 0 saturated carbocycles. The molecule has 0 bridgehead atoms. The zero-order valence-corrected chi connectivity index (χ0v) is 12.5. The van der Waals surface area contributed by atoms with Gasteiger partial charge in [-0.2, -0.15) is 5.10 Å². The number of hydrogen-bond acceptors (Lipinski definition) is 7. The highest BCUT2D eigenvalue weighted by atomic mass is 16.6. The average Bonchev–Trinajstić information content (AvgIpc) is 2.55. The lowest BCUT2D eigenvalue weighted by Gasteiger charge is -2.05. The lowest BCUT2D eigenvalue weighted by Crippen LogP contribution is -1.99. The molecule has 0 amide bonds. The molecule has 2 rings (SSSR count). The van der Waals surface area contributed by atoms with Crippen LogP contribution in [0.2, 0.25) is 0 Å². The molecule has 0 fully saturated rings. The van der Waals surface area contributed by atoms with Gasteiger partial charge in [-0.3, -0.25) is 15.5 Å². The van der Waals surface area contributed by atoms with Crippen LogP contribution in [0.25, 0.3) is 0 Å². The molecule has 0 atom stereocenters. The number of methoxy groups -OCH3 is 1. The van der Waals surface area contributed by atoms with E-state index in [1.54, 1.807) is 0 Å². The van der Waals surface area contributed by atoms with Crippen LogP contribution >= 0.6 is 0 Å². The monoisotopic (exact) mass is 331 g/mol. The molecular formula is C15H13N3O6. The first-order chi connectivity index (χ1) is 11.4. The average molecular weight is 331 g/mol. The largest absolute Gasteiger partial charge is 0.504 e. The number of anilines is 1. The van der Waals surface area contributed by atoms with Crippen LogP contribution in [0.4, 0.5) is 11.4 Å². The molecule has 9 nitrogen and oxygen atoms in total. The molecule has 2 aromatic carbocycles. The zero-order chi connectivity index (χ0) is 17.7. The molecule has 9 heteroatoms. The second kappa shape index (κ2) is 7.09. The van der Waals surface area contributed by atoms with E-state index in [1.807, 2.05) is 0 Å². The summed E-state index contributed by atoms with van der Waals surface area (Å²) in [4.78, 5) is 21.2. The highest BCUT2D eigenvalue weighted by Crippen LogP contribution is 2.32. The van der Waals surface area contributed by atoms with Gasteiger partial charge in [-0.1, -0.05) is 0 Å². The maximum Gasteiger partial charge on any atom is 0.335 e. The highest BCUT2D eigenvalue weighted by Gasteiger charge is 2.17. The Morgan fingerprint density at radius 2 is 2.00 bits per heavy atom. The van der Waals surface area contributed by atoms with E-state index in [-0.39, 0.29) is 28.3 Å². The molecule has 0 radical (unpaired) electrons. The van der Waals surface area contributed by atoms with Gasteiger partial charge in [0.2, 0.25) is 0 Å². The fourth-order valence-electron chi connectivity index (χ4n) is 1.86. The Morgan fingerprint density at radius 1 is 1.33 bits per heavy atom. The number of ether oxygens (including phenoxy) is 1. The molecule has 124 valence electrons.